The van der Waals surface area contributed by atoms with Gasteiger partial charge in [0.15, 0.2) is 0 Å². The van der Waals surface area contributed by atoms with Gasteiger partial charge in [-0.05, 0) is 49.8 Å². The predicted octanol–water partition coefficient (Wildman–Crippen LogP) is 5.33. The summed E-state index contributed by atoms with van der Waals surface area (Å²) >= 11 is 0. The van der Waals surface area contributed by atoms with Gasteiger partial charge in [0, 0.05) is 23.7 Å². The first kappa shape index (κ1) is 19.4. The van der Waals surface area contributed by atoms with E-state index in [4.69, 9.17) is 9.84 Å². The van der Waals surface area contributed by atoms with E-state index < -0.39 is 17.5 Å². The summed E-state index contributed by atoms with van der Waals surface area (Å²) in [7, 11) is 1.49. The highest BCUT2D eigenvalue weighted by atomic mass is 19.1. The first-order chi connectivity index (χ1) is 13.9. The molecule has 1 saturated carbocycles. The summed E-state index contributed by atoms with van der Waals surface area (Å²) in [6, 6.07) is 6.75. The molecule has 1 heterocycles. The average molecular weight is 399 g/mol. The van der Waals surface area contributed by atoms with Crippen LogP contribution >= 0.6 is 0 Å². The van der Waals surface area contributed by atoms with Gasteiger partial charge in [-0.3, -0.25) is 9.48 Å². The van der Waals surface area contributed by atoms with Gasteiger partial charge in [-0.1, -0.05) is 6.92 Å². The van der Waals surface area contributed by atoms with Crippen LogP contribution in [0.3, 0.4) is 0 Å². The number of ether oxygens (including phenoxy) is 1. The molecule has 0 saturated heterocycles. The summed E-state index contributed by atoms with van der Waals surface area (Å²) in [5.41, 5.74) is 0.942. The fraction of sp³-hybridized carbons (Fsp3) is 0.364. The minimum atomic E-state index is -0.915. The zero-order valence-corrected chi connectivity index (χ0v) is 16.4. The molecule has 2 aromatic carbocycles. The van der Waals surface area contributed by atoms with Crippen molar-refractivity contribution in [2.75, 3.05) is 12.4 Å². The number of methoxy groups -OCH3 is 1. The maximum atomic E-state index is 13.9. The van der Waals surface area contributed by atoms with Crippen molar-refractivity contribution in [2.24, 2.45) is 5.92 Å². The second-order valence-corrected chi connectivity index (χ2v) is 7.71. The third-order valence-corrected chi connectivity index (χ3v) is 5.63. The van der Waals surface area contributed by atoms with Gasteiger partial charge in [0.25, 0.3) is 5.91 Å². The molecule has 4 rings (SSSR count). The quantitative estimate of drug-likeness (QED) is 0.645. The molecule has 0 unspecified atom stereocenters. The molecule has 0 aliphatic heterocycles. The minimum Gasteiger partial charge on any atom is -0.494 e. The van der Waals surface area contributed by atoms with Crippen molar-refractivity contribution in [3.05, 3.63) is 53.7 Å². The Balaban J connectivity index is 1.62. The van der Waals surface area contributed by atoms with Crippen molar-refractivity contribution in [1.29, 1.82) is 0 Å². The number of carbonyl (C=O) groups is 1. The highest BCUT2D eigenvalue weighted by molar-refractivity contribution is 6.06. The van der Waals surface area contributed by atoms with Gasteiger partial charge in [-0.25, -0.2) is 8.78 Å². The molecule has 1 aliphatic rings. The van der Waals surface area contributed by atoms with Crippen molar-refractivity contribution < 1.29 is 18.3 Å². The first-order valence-electron chi connectivity index (χ1n) is 9.78. The summed E-state index contributed by atoms with van der Waals surface area (Å²) in [5.74, 6) is -1.14. The number of nitrogens with one attached hydrogen (secondary N) is 1. The van der Waals surface area contributed by atoms with E-state index in [9.17, 15) is 13.6 Å². The fourth-order valence-electron chi connectivity index (χ4n) is 3.90. The van der Waals surface area contributed by atoms with E-state index in [1.54, 1.807) is 12.1 Å². The third-order valence-electron chi connectivity index (χ3n) is 5.63. The SMILES string of the molecule is COc1cc2nn(C3CCC(C)CC3)cc2cc1NC(=O)c1ccc(F)cc1F. The lowest BCUT2D eigenvalue weighted by Gasteiger charge is -2.26. The molecule has 0 atom stereocenters. The smallest absolute Gasteiger partial charge is 0.258 e. The van der Waals surface area contributed by atoms with Crippen LogP contribution < -0.4 is 10.1 Å². The molecule has 1 aromatic heterocycles. The Morgan fingerprint density at radius 2 is 1.93 bits per heavy atom. The Morgan fingerprint density at radius 1 is 1.17 bits per heavy atom. The van der Waals surface area contributed by atoms with Crippen molar-refractivity contribution >= 4 is 22.5 Å². The molecule has 0 spiro atoms. The molecular formula is C22H23F2N3O2. The maximum Gasteiger partial charge on any atom is 0.258 e. The number of rotatable bonds is 4. The summed E-state index contributed by atoms with van der Waals surface area (Å²) < 4.78 is 34.4. The van der Waals surface area contributed by atoms with Crippen LogP contribution in [0, 0.1) is 17.6 Å². The number of nitrogens with zero attached hydrogens (tertiary/aromatic N) is 2. The summed E-state index contributed by atoms with van der Waals surface area (Å²) in [6.07, 6.45) is 6.55. The molecule has 1 amide bonds. The van der Waals surface area contributed by atoms with Gasteiger partial charge >= 0.3 is 0 Å². The third kappa shape index (κ3) is 3.95. The van der Waals surface area contributed by atoms with Gasteiger partial charge in [-0.15, -0.1) is 0 Å². The molecule has 5 nitrogen and oxygen atoms in total. The molecule has 29 heavy (non-hydrogen) atoms. The zero-order chi connectivity index (χ0) is 20.5. The van der Waals surface area contributed by atoms with Gasteiger partial charge in [0.2, 0.25) is 0 Å². The van der Waals surface area contributed by atoms with Crippen LogP contribution in [0.15, 0.2) is 36.5 Å². The van der Waals surface area contributed by atoms with Crippen molar-refractivity contribution in [1.82, 2.24) is 9.78 Å². The largest absolute Gasteiger partial charge is 0.494 e. The lowest BCUT2D eigenvalue weighted by Crippen LogP contribution is -2.16. The van der Waals surface area contributed by atoms with E-state index in [0.717, 1.165) is 41.8 Å². The van der Waals surface area contributed by atoms with E-state index in [2.05, 4.69) is 12.2 Å². The van der Waals surface area contributed by atoms with Gasteiger partial charge in [-0.2, -0.15) is 5.10 Å². The fourth-order valence-corrected chi connectivity index (χ4v) is 3.90. The van der Waals surface area contributed by atoms with Crippen LogP contribution in [-0.2, 0) is 0 Å². The number of aromatic nitrogens is 2. The van der Waals surface area contributed by atoms with Crippen molar-refractivity contribution in [3.63, 3.8) is 0 Å². The van der Waals surface area contributed by atoms with Gasteiger partial charge < -0.3 is 10.1 Å². The molecule has 0 bridgehead atoms. The minimum absolute atomic E-state index is 0.236. The number of hydrogen-bond acceptors (Lipinski definition) is 3. The van der Waals surface area contributed by atoms with E-state index in [0.29, 0.717) is 23.5 Å². The van der Waals surface area contributed by atoms with Crippen molar-refractivity contribution in [2.45, 2.75) is 38.6 Å². The highest BCUT2D eigenvalue weighted by Gasteiger charge is 2.21. The Morgan fingerprint density at radius 3 is 2.62 bits per heavy atom. The monoisotopic (exact) mass is 399 g/mol. The Hall–Kier alpha value is -2.96. The number of amides is 1. The first-order valence-corrected chi connectivity index (χ1v) is 9.78. The lowest BCUT2D eigenvalue weighted by molar-refractivity contribution is 0.102. The number of benzene rings is 2. The molecule has 1 fully saturated rings. The van der Waals surface area contributed by atoms with Crippen LogP contribution in [0.5, 0.6) is 5.75 Å². The maximum absolute atomic E-state index is 13.9. The molecule has 3 aromatic rings. The van der Waals surface area contributed by atoms with E-state index >= 15 is 0 Å². The van der Waals surface area contributed by atoms with Crippen LogP contribution in [0.1, 0.15) is 49.0 Å². The summed E-state index contributed by atoms with van der Waals surface area (Å²) in [4.78, 5) is 12.5. The van der Waals surface area contributed by atoms with E-state index in [1.807, 2.05) is 10.9 Å². The molecule has 0 radical (unpaired) electrons. The summed E-state index contributed by atoms with van der Waals surface area (Å²) in [6.45, 7) is 2.28. The predicted molar refractivity (Wildman–Crippen MR) is 107 cm³/mol. The zero-order valence-electron chi connectivity index (χ0n) is 16.4. The second-order valence-electron chi connectivity index (χ2n) is 7.71. The van der Waals surface area contributed by atoms with Crippen molar-refractivity contribution in [3.8, 4) is 5.75 Å². The Bertz CT molecular complexity index is 1060. The normalized spacial score (nSPS) is 19.3. The Labute approximate surface area is 167 Å². The van der Waals surface area contributed by atoms with Gasteiger partial charge in [0.05, 0.1) is 29.9 Å². The molecular weight excluding hydrogens is 376 g/mol. The number of halogens is 2. The molecule has 152 valence electrons. The molecule has 7 heteroatoms. The van der Waals surface area contributed by atoms with E-state index in [1.165, 1.54) is 20.0 Å². The van der Waals surface area contributed by atoms with E-state index in [-0.39, 0.29) is 5.56 Å². The van der Waals surface area contributed by atoms with Crippen LogP contribution in [0.2, 0.25) is 0 Å². The topological polar surface area (TPSA) is 56.1 Å². The number of fused-ring (bicyclic) bond motifs is 1. The number of hydrogen-bond donors (Lipinski definition) is 1. The van der Waals surface area contributed by atoms with Gasteiger partial charge in [0.1, 0.15) is 17.4 Å². The number of anilines is 1. The standard InChI is InChI=1S/C22H23F2N3O2/c1-13-3-6-16(7-4-13)27-12-14-9-20(21(29-2)11-19(14)26-27)25-22(28)17-8-5-15(23)10-18(17)24/h5,8-13,16H,3-4,6-7H2,1-2H3,(H,25,28). The molecule has 1 aliphatic carbocycles. The number of carbonyl (C=O) groups excluding carboxylic acids is 1. The molecule has 1 N–H and O–H groups in total. The second kappa shape index (κ2) is 7.81. The van der Waals surface area contributed by atoms with Crippen LogP contribution in [0.25, 0.3) is 10.9 Å². The van der Waals surface area contributed by atoms with Crippen LogP contribution in [-0.4, -0.2) is 22.8 Å². The van der Waals surface area contributed by atoms with Crippen LogP contribution in [0.4, 0.5) is 14.5 Å². The average Bonchev–Trinajstić information content (AvgIpc) is 3.10. The highest BCUT2D eigenvalue weighted by Crippen LogP contribution is 2.35. The summed E-state index contributed by atoms with van der Waals surface area (Å²) in [5, 5.41) is 8.22. The Kier molecular flexibility index (Phi) is 5.22. The lowest BCUT2D eigenvalue weighted by atomic mass is 9.87.